The Balaban J connectivity index is 2.07. The zero-order valence-electron chi connectivity index (χ0n) is 12.0. The van der Waals surface area contributed by atoms with Gasteiger partial charge in [-0.05, 0) is 32.0 Å². The van der Waals surface area contributed by atoms with Crippen LogP contribution in [0.3, 0.4) is 0 Å². The zero-order valence-corrected chi connectivity index (χ0v) is 12.0. The first-order chi connectivity index (χ1) is 8.97. The van der Waals surface area contributed by atoms with E-state index in [2.05, 4.69) is 22.0 Å². The van der Waals surface area contributed by atoms with Gasteiger partial charge in [0, 0.05) is 43.8 Å². The summed E-state index contributed by atoms with van der Waals surface area (Å²) in [5.74, 6) is 0. The monoisotopic (exact) mass is 259 g/mol. The van der Waals surface area contributed by atoms with Gasteiger partial charge >= 0.3 is 0 Å². The van der Waals surface area contributed by atoms with Gasteiger partial charge in [-0.1, -0.05) is 0 Å². The van der Waals surface area contributed by atoms with Gasteiger partial charge in [-0.3, -0.25) is 14.6 Å². The van der Waals surface area contributed by atoms with Gasteiger partial charge in [-0.15, -0.1) is 0 Å². The number of anilines is 1. The highest BCUT2D eigenvalue weighted by Crippen LogP contribution is 2.19. The van der Waals surface area contributed by atoms with E-state index in [1.54, 1.807) is 0 Å². The molecular formula is C14H21N5. The van der Waals surface area contributed by atoms with E-state index < -0.39 is 0 Å². The fraction of sp³-hybridized carbons (Fsp3) is 0.429. The fourth-order valence-corrected chi connectivity index (χ4v) is 2.13. The summed E-state index contributed by atoms with van der Waals surface area (Å²) in [6.07, 6.45) is 5.76. The quantitative estimate of drug-likeness (QED) is 0.907. The lowest BCUT2D eigenvalue weighted by Gasteiger charge is -2.17. The van der Waals surface area contributed by atoms with Crippen molar-refractivity contribution < 1.29 is 0 Å². The molecule has 0 atom stereocenters. The average Bonchev–Trinajstić information content (AvgIpc) is 2.75. The van der Waals surface area contributed by atoms with E-state index in [4.69, 9.17) is 5.73 Å². The molecule has 0 saturated carbocycles. The molecule has 0 fully saturated rings. The van der Waals surface area contributed by atoms with Crippen LogP contribution in [0.25, 0.3) is 0 Å². The maximum Gasteiger partial charge on any atom is 0.0593 e. The van der Waals surface area contributed by atoms with Gasteiger partial charge in [-0.25, -0.2) is 0 Å². The van der Waals surface area contributed by atoms with Crippen LogP contribution in [0.2, 0.25) is 0 Å². The summed E-state index contributed by atoms with van der Waals surface area (Å²) < 4.78 is 1.82. The van der Waals surface area contributed by atoms with Gasteiger partial charge in [0.05, 0.1) is 11.9 Å². The molecular weight excluding hydrogens is 238 g/mol. The Morgan fingerprint density at radius 1 is 1.26 bits per heavy atom. The van der Waals surface area contributed by atoms with Crippen molar-refractivity contribution in [2.45, 2.75) is 26.9 Å². The van der Waals surface area contributed by atoms with Crippen molar-refractivity contribution in [1.29, 1.82) is 0 Å². The van der Waals surface area contributed by atoms with Crippen LogP contribution in [-0.4, -0.2) is 26.7 Å². The summed E-state index contributed by atoms with van der Waals surface area (Å²) in [6.45, 7) is 5.65. The minimum absolute atomic E-state index is 0.783. The molecule has 102 valence electrons. The molecule has 2 N–H and O–H groups in total. The first-order valence-electron chi connectivity index (χ1n) is 6.34. The predicted molar refractivity (Wildman–Crippen MR) is 76.5 cm³/mol. The molecule has 0 unspecified atom stereocenters. The minimum Gasteiger partial charge on any atom is -0.398 e. The highest BCUT2D eigenvalue weighted by atomic mass is 15.2. The summed E-state index contributed by atoms with van der Waals surface area (Å²) in [4.78, 5) is 6.69. The molecule has 0 aliphatic heterocycles. The summed E-state index contributed by atoms with van der Waals surface area (Å²) in [6, 6.07) is 0. The van der Waals surface area contributed by atoms with Crippen LogP contribution in [0.1, 0.15) is 22.4 Å². The molecule has 5 nitrogen and oxygen atoms in total. The lowest BCUT2D eigenvalue weighted by molar-refractivity contribution is 0.314. The van der Waals surface area contributed by atoms with Gasteiger partial charge in [0.15, 0.2) is 0 Å². The van der Waals surface area contributed by atoms with Crippen molar-refractivity contribution in [3.8, 4) is 0 Å². The SMILES string of the molecule is Cc1cnc(CN(C)Cc2cnn(C)c2)c(C)c1N. The number of hydrogen-bond acceptors (Lipinski definition) is 4. The zero-order chi connectivity index (χ0) is 14.0. The molecule has 0 radical (unpaired) electrons. The molecule has 2 rings (SSSR count). The molecule has 5 heteroatoms. The van der Waals surface area contributed by atoms with Crippen molar-refractivity contribution in [2.24, 2.45) is 7.05 Å². The van der Waals surface area contributed by atoms with Gasteiger partial charge in [0.25, 0.3) is 0 Å². The minimum atomic E-state index is 0.783. The largest absolute Gasteiger partial charge is 0.398 e. The molecule has 19 heavy (non-hydrogen) atoms. The molecule has 2 aromatic heterocycles. The summed E-state index contributed by atoms with van der Waals surface area (Å²) in [5, 5.41) is 4.17. The van der Waals surface area contributed by atoms with Gasteiger partial charge in [0.2, 0.25) is 0 Å². The topological polar surface area (TPSA) is 60.0 Å². The van der Waals surface area contributed by atoms with Crippen molar-refractivity contribution in [3.63, 3.8) is 0 Å². The predicted octanol–water partition coefficient (Wildman–Crippen LogP) is 1.65. The molecule has 0 saturated heterocycles. The van der Waals surface area contributed by atoms with Gasteiger partial charge in [0.1, 0.15) is 0 Å². The van der Waals surface area contributed by atoms with Crippen LogP contribution in [0.15, 0.2) is 18.6 Å². The van der Waals surface area contributed by atoms with Crippen LogP contribution in [0.4, 0.5) is 5.69 Å². The molecule has 0 spiro atoms. The maximum atomic E-state index is 6.04. The average molecular weight is 259 g/mol. The summed E-state index contributed by atoms with van der Waals surface area (Å²) in [7, 11) is 4.00. The highest BCUT2D eigenvalue weighted by molar-refractivity contribution is 5.53. The molecule has 2 aromatic rings. The smallest absolute Gasteiger partial charge is 0.0593 e. The van der Waals surface area contributed by atoms with E-state index >= 15 is 0 Å². The van der Waals surface area contributed by atoms with Crippen LogP contribution in [0, 0.1) is 13.8 Å². The van der Waals surface area contributed by atoms with E-state index in [0.29, 0.717) is 0 Å². The summed E-state index contributed by atoms with van der Waals surface area (Å²) in [5.41, 5.74) is 11.2. The van der Waals surface area contributed by atoms with Crippen molar-refractivity contribution in [1.82, 2.24) is 19.7 Å². The number of rotatable bonds is 4. The number of aromatic nitrogens is 3. The Kier molecular flexibility index (Phi) is 3.85. The van der Waals surface area contributed by atoms with Gasteiger partial charge < -0.3 is 5.73 Å². The van der Waals surface area contributed by atoms with Crippen molar-refractivity contribution in [2.75, 3.05) is 12.8 Å². The third-order valence-corrected chi connectivity index (χ3v) is 3.31. The molecule has 0 aromatic carbocycles. The maximum absolute atomic E-state index is 6.04. The lowest BCUT2D eigenvalue weighted by Crippen LogP contribution is -2.19. The van der Waals surface area contributed by atoms with E-state index in [1.165, 1.54) is 5.56 Å². The fourth-order valence-electron chi connectivity index (χ4n) is 2.13. The number of pyridine rings is 1. The van der Waals surface area contributed by atoms with Gasteiger partial charge in [-0.2, -0.15) is 5.10 Å². The highest BCUT2D eigenvalue weighted by Gasteiger charge is 2.09. The molecule has 0 aliphatic carbocycles. The van der Waals surface area contributed by atoms with Crippen LogP contribution in [0.5, 0.6) is 0 Å². The van der Waals surface area contributed by atoms with Crippen LogP contribution in [-0.2, 0) is 20.1 Å². The van der Waals surface area contributed by atoms with E-state index in [9.17, 15) is 0 Å². The number of nitrogens with two attached hydrogens (primary N) is 1. The van der Waals surface area contributed by atoms with Crippen LogP contribution >= 0.6 is 0 Å². The molecule has 2 heterocycles. The number of aryl methyl sites for hydroxylation is 2. The van der Waals surface area contributed by atoms with Crippen molar-refractivity contribution >= 4 is 5.69 Å². The Hall–Kier alpha value is -1.88. The number of hydrogen-bond donors (Lipinski definition) is 1. The van der Waals surface area contributed by atoms with Crippen LogP contribution < -0.4 is 5.73 Å². The summed E-state index contributed by atoms with van der Waals surface area (Å²) >= 11 is 0. The molecule has 0 amide bonds. The third-order valence-electron chi connectivity index (χ3n) is 3.31. The van der Waals surface area contributed by atoms with E-state index in [1.807, 2.05) is 44.2 Å². The first-order valence-corrected chi connectivity index (χ1v) is 6.34. The van der Waals surface area contributed by atoms with E-state index in [-0.39, 0.29) is 0 Å². The lowest BCUT2D eigenvalue weighted by atomic mass is 10.1. The Morgan fingerprint density at radius 3 is 2.63 bits per heavy atom. The Bertz CT molecular complexity index is 573. The second-order valence-corrected chi connectivity index (χ2v) is 5.12. The number of nitrogens with zero attached hydrogens (tertiary/aromatic N) is 4. The van der Waals surface area contributed by atoms with E-state index in [0.717, 1.165) is 35.6 Å². The standard InChI is InChI=1S/C14H21N5/c1-10-5-16-13(11(2)14(10)15)9-18(3)7-12-6-17-19(4)8-12/h5-6,8H,7,9H2,1-4H3,(H2,15,16). The first kappa shape index (κ1) is 13.5. The molecule has 0 bridgehead atoms. The normalized spacial score (nSPS) is 11.2. The molecule has 0 aliphatic rings. The second-order valence-electron chi connectivity index (χ2n) is 5.12. The number of nitrogen functional groups attached to an aromatic ring is 1. The Labute approximate surface area is 114 Å². The van der Waals surface area contributed by atoms with Crippen molar-refractivity contribution in [3.05, 3.63) is 41.0 Å². The third kappa shape index (κ3) is 3.12. The Morgan fingerprint density at radius 2 is 2.00 bits per heavy atom. The second kappa shape index (κ2) is 5.40.